The van der Waals surface area contributed by atoms with Gasteiger partial charge in [-0.2, -0.15) is 5.26 Å². The third-order valence-electron chi connectivity index (χ3n) is 4.98. The fourth-order valence-electron chi connectivity index (χ4n) is 3.62. The molecule has 0 bridgehead atoms. The van der Waals surface area contributed by atoms with Crippen LogP contribution in [0.1, 0.15) is 31.2 Å². The Balaban J connectivity index is 1.48. The second-order valence-corrected chi connectivity index (χ2v) is 6.65. The topological polar surface area (TPSA) is 56.6 Å². The number of rotatable bonds is 5. The number of ether oxygens (including phenoxy) is 1. The lowest BCUT2D eigenvalue weighted by molar-refractivity contribution is -0.135. The summed E-state index contributed by atoms with van der Waals surface area (Å²) in [6.07, 6.45) is 5.25. The van der Waals surface area contributed by atoms with E-state index in [1.54, 1.807) is 0 Å². The largest absolute Gasteiger partial charge is 0.484 e. The lowest BCUT2D eigenvalue weighted by Gasteiger charge is -2.37. The summed E-state index contributed by atoms with van der Waals surface area (Å²) in [5.41, 5.74) is 0.959. The molecule has 0 saturated carbocycles. The average molecular weight is 327 g/mol. The highest BCUT2D eigenvalue weighted by Gasteiger charge is 2.29. The van der Waals surface area contributed by atoms with E-state index in [0.29, 0.717) is 18.2 Å². The van der Waals surface area contributed by atoms with Gasteiger partial charge in [-0.05, 0) is 56.5 Å². The molecule has 2 aliphatic rings. The number of benzene rings is 1. The Labute approximate surface area is 143 Å². The van der Waals surface area contributed by atoms with E-state index in [4.69, 9.17) is 10.00 Å². The molecule has 0 aliphatic carbocycles. The van der Waals surface area contributed by atoms with Crippen LogP contribution in [0.15, 0.2) is 24.3 Å². The van der Waals surface area contributed by atoms with E-state index in [1.807, 2.05) is 29.2 Å². The van der Waals surface area contributed by atoms with Crippen molar-refractivity contribution in [2.45, 2.75) is 38.1 Å². The Kier molecular flexibility index (Phi) is 5.71. The Morgan fingerprint density at radius 3 is 2.62 bits per heavy atom. The highest BCUT2D eigenvalue weighted by molar-refractivity contribution is 5.78. The van der Waals surface area contributed by atoms with Crippen LogP contribution in [0.5, 0.6) is 5.75 Å². The van der Waals surface area contributed by atoms with Crippen LogP contribution < -0.4 is 4.74 Å². The molecule has 0 aromatic heterocycles. The molecule has 0 spiro atoms. The van der Waals surface area contributed by atoms with Gasteiger partial charge < -0.3 is 9.64 Å². The Hall–Kier alpha value is -2.06. The minimum Gasteiger partial charge on any atom is -0.484 e. The number of carbonyl (C=O) groups excluding carboxylic acids is 1. The van der Waals surface area contributed by atoms with E-state index in [1.165, 1.54) is 32.4 Å². The lowest BCUT2D eigenvalue weighted by atomic mass is 10.0. The fourth-order valence-corrected chi connectivity index (χ4v) is 3.62. The number of carbonyl (C=O) groups is 1. The van der Waals surface area contributed by atoms with Crippen LogP contribution in [-0.2, 0) is 11.2 Å². The van der Waals surface area contributed by atoms with Gasteiger partial charge in [-0.1, -0.05) is 12.1 Å². The minimum atomic E-state index is 0.0694. The van der Waals surface area contributed by atoms with Gasteiger partial charge >= 0.3 is 0 Å². The maximum absolute atomic E-state index is 12.4. The number of nitrogens with zero attached hydrogens (tertiary/aromatic N) is 3. The molecule has 1 aromatic carbocycles. The summed E-state index contributed by atoms with van der Waals surface area (Å²) < 4.78 is 5.63. The first kappa shape index (κ1) is 16.8. The van der Waals surface area contributed by atoms with Crippen molar-refractivity contribution in [2.24, 2.45) is 0 Å². The number of likely N-dealkylation sites (tertiary alicyclic amines) is 2. The van der Waals surface area contributed by atoms with Crippen molar-refractivity contribution in [3.63, 3.8) is 0 Å². The minimum absolute atomic E-state index is 0.0694. The van der Waals surface area contributed by atoms with E-state index in [0.717, 1.165) is 25.1 Å². The van der Waals surface area contributed by atoms with E-state index in [9.17, 15) is 4.79 Å². The Morgan fingerprint density at radius 2 is 1.92 bits per heavy atom. The van der Waals surface area contributed by atoms with Crippen LogP contribution in [0.4, 0.5) is 0 Å². The van der Waals surface area contributed by atoms with Crippen LogP contribution in [0.3, 0.4) is 0 Å². The molecule has 1 atom stereocenters. The van der Waals surface area contributed by atoms with Gasteiger partial charge in [0.15, 0.2) is 6.61 Å². The average Bonchev–Trinajstić information content (AvgIpc) is 3.16. The lowest BCUT2D eigenvalue weighted by Crippen LogP contribution is -2.50. The van der Waals surface area contributed by atoms with Gasteiger partial charge in [0.1, 0.15) is 5.75 Å². The standard InChI is InChI=1S/C19H25N3O2/c20-10-9-16-5-7-18(8-6-16)24-15-19(23)22-13-3-4-17(14-22)21-11-1-2-12-21/h5-8,17H,1-4,9,11-15H2/t17-/m1/s1. The first-order valence-electron chi connectivity index (χ1n) is 8.87. The smallest absolute Gasteiger partial charge is 0.260 e. The SMILES string of the molecule is N#CCc1ccc(OCC(=O)N2CCC[C@@H](N3CCCC3)C2)cc1. The third kappa shape index (κ3) is 4.27. The quantitative estimate of drug-likeness (QED) is 0.832. The molecule has 5 nitrogen and oxygen atoms in total. The second-order valence-electron chi connectivity index (χ2n) is 6.65. The Morgan fingerprint density at radius 1 is 1.17 bits per heavy atom. The zero-order chi connectivity index (χ0) is 16.8. The van der Waals surface area contributed by atoms with Gasteiger partial charge in [0, 0.05) is 19.1 Å². The molecule has 2 aliphatic heterocycles. The molecule has 1 aromatic rings. The predicted molar refractivity (Wildman–Crippen MR) is 91.7 cm³/mol. The van der Waals surface area contributed by atoms with Crippen molar-refractivity contribution in [1.29, 1.82) is 5.26 Å². The Bertz CT molecular complexity index is 588. The van der Waals surface area contributed by atoms with Gasteiger partial charge in [0.05, 0.1) is 12.5 Å². The van der Waals surface area contributed by atoms with Crippen LogP contribution in [0.25, 0.3) is 0 Å². The van der Waals surface area contributed by atoms with Gasteiger partial charge in [-0.3, -0.25) is 9.69 Å². The van der Waals surface area contributed by atoms with Crippen LogP contribution in [0, 0.1) is 11.3 Å². The molecule has 1 amide bonds. The van der Waals surface area contributed by atoms with Crippen molar-refractivity contribution >= 4 is 5.91 Å². The van der Waals surface area contributed by atoms with Crippen LogP contribution in [0.2, 0.25) is 0 Å². The van der Waals surface area contributed by atoms with E-state index in [2.05, 4.69) is 11.0 Å². The van der Waals surface area contributed by atoms with Gasteiger partial charge in [0.2, 0.25) is 0 Å². The zero-order valence-electron chi connectivity index (χ0n) is 14.1. The van der Waals surface area contributed by atoms with Crippen molar-refractivity contribution in [3.05, 3.63) is 29.8 Å². The number of piperidine rings is 1. The van der Waals surface area contributed by atoms with Crippen molar-refractivity contribution in [1.82, 2.24) is 9.80 Å². The zero-order valence-corrected chi connectivity index (χ0v) is 14.1. The molecule has 2 saturated heterocycles. The molecule has 5 heteroatoms. The highest BCUT2D eigenvalue weighted by atomic mass is 16.5. The molecule has 2 fully saturated rings. The van der Waals surface area contributed by atoms with Crippen LogP contribution >= 0.6 is 0 Å². The molecular weight excluding hydrogens is 302 g/mol. The number of hydrogen-bond acceptors (Lipinski definition) is 4. The summed E-state index contributed by atoms with van der Waals surface area (Å²) in [7, 11) is 0. The first-order valence-corrected chi connectivity index (χ1v) is 8.87. The fraction of sp³-hybridized carbons (Fsp3) is 0.579. The molecule has 128 valence electrons. The summed E-state index contributed by atoms with van der Waals surface area (Å²) in [6.45, 7) is 4.12. The van der Waals surface area contributed by atoms with Crippen molar-refractivity contribution in [2.75, 3.05) is 32.8 Å². The molecule has 0 radical (unpaired) electrons. The number of nitriles is 1. The monoisotopic (exact) mass is 327 g/mol. The summed E-state index contributed by atoms with van der Waals surface area (Å²) in [4.78, 5) is 16.9. The highest BCUT2D eigenvalue weighted by Crippen LogP contribution is 2.21. The summed E-state index contributed by atoms with van der Waals surface area (Å²) >= 11 is 0. The van der Waals surface area contributed by atoms with Gasteiger partial charge in [-0.15, -0.1) is 0 Å². The maximum atomic E-state index is 12.4. The number of hydrogen-bond donors (Lipinski definition) is 0. The van der Waals surface area contributed by atoms with Crippen molar-refractivity contribution < 1.29 is 9.53 Å². The summed E-state index contributed by atoms with van der Waals surface area (Å²) in [6, 6.07) is 10.0. The molecule has 0 N–H and O–H groups in total. The molecule has 0 unspecified atom stereocenters. The van der Waals surface area contributed by atoms with Crippen LogP contribution in [-0.4, -0.2) is 54.5 Å². The summed E-state index contributed by atoms with van der Waals surface area (Å²) in [5, 5.41) is 8.67. The molecule has 24 heavy (non-hydrogen) atoms. The normalized spacial score (nSPS) is 21.5. The molecular formula is C19H25N3O2. The first-order chi connectivity index (χ1) is 11.8. The predicted octanol–water partition coefficient (Wildman–Crippen LogP) is 2.22. The summed E-state index contributed by atoms with van der Waals surface area (Å²) in [5.74, 6) is 0.748. The van der Waals surface area contributed by atoms with Gasteiger partial charge in [0.25, 0.3) is 5.91 Å². The van der Waals surface area contributed by atoms with E-state index < -0.39 is 0 Å². The van der Waals surface area contributed by atoms with Gasteiger partial charge in [-0.25, -0.2) is 0 Å². The van der Waals surface area contributed by atoms with Crippen molar-refractivity contribution in [3.8, 4) is 11.8 Å². The van der Waals surface area contributed by atoms with E-state index >= 15 is 0 Å². The molecule has 3 rings (SSSR count). The second kappa shape index (κ2) is 8.16. The third-order valence-corrected chi connectivity index (χ3v) is 4.98. The molecule has 2 heterocycles. The van der Waals surface area contributed by atoms with E-state index in [-0.39, 0.29) is 12.5 Å². The number of amides is 1. The maximum Gasteiger partial charge on any atom is 0.260 e.